The standard InChI is InChI=1S/C22H18F4N2O/c1-12-17-8-7-15(22(24,25)26)10-18(17)28-20(14-5-6-14)19(12)21(29)27-11-13-3-2-4-16(23)9-13/h2-4,7-10,14H,5-6,11H2,1H3,(H,27,29). The van der Waals surface area contributed by atoms with E-state index in [9.17, 15) is 22.4 Å². The van der Waals surface area contributed by atoms with Crippen molar-refractivity contribution >= 4 is 16.8 Å². The Hall–Kier alpha value is -2.96. The highest BCUT2D eigenvalue weighted by Crippen LogP contribution is 2.43. The van der Waals surface area contributed by atoms with Gasteiger partial charge in [0.15, 0.2) is 0 Å². The molecule has 1 aromatic heterocycles. The smallest absolute Gasteiger partial charge is 0.348 e. The van der Waals surface area contributed by atoms with Gasteiger partial charge in [-0.25, -0.2) is 4.39 Å². The average molecular weight is 402 g/mol. The van der Waals surface area contributed by atoms with E-state index >= 15 is 0 Å². The van der Waals surface area contributed by atoms with Gasteiger partial charge in [0.2, 0.25) is 0 Å². The molecule has 150 valence electrons. The summed E-state index contributed by atoms with van der Waals surface area (Å²) in [6.45, 7) is 1.87. The van der Waals surface area contributed by atoms with Gasteiger partial charge in [0.25, 0.3) is 5.91 Å². The molecular formula is C22H18F4N2O. The minimum atomic E-state index is -4.45. The Balaban J connectivity index is 1.72. The number of amides is 1. The summed E-state index contributed by atoms with van der Waals surface area (Å²) in [5.41, 5.74) is 1.62. The van der Waals surface area contributed by atoms with Gasteiger partial charge in [-0.1, -0.05) is 18.2 Å². The minimum Gasteiger partial charge on any atom is -0.348 e. The Kier molecular flexibility index (Phi) is 4.76. The number of pyridine rings is 1. The summed E-state index contributed by atoms with van der Waals surface area (Å²) in [5, 5.41) is 3.29. The molecule has 4 rings (SSSR count). The van der Waals surface area contributed by atoms with Crippen molar-refractivity contribution < 1.29 is 22.4 Å². The van der Waals surface area contributed by atoms with Crippen LogP contribution in [0, 0.1) is 12.7 Å². The zero-order valence-electron chi connectivity index (χ0n) is 15.6. The summed E-state index contributed by atoms with van der Waals surface area (Å²) < 4.78 is 52.5. The highest BCUT2D eigenvalue weighted by atomic mass is 19.4. The highest BCUT2D eigenvalue weighted by Gasteiger charge is 2.34. The monoisotopic (exact) mass is 402 g/mol. The van der Waals surface area contributed by atoms with Crippen LogP contribution in [0.5, 0.6) is 0 Å². The van der Waals surface area contributed by atoms with Crippen molar-refractivity contribution in [2.75, 3.05) is 0 Å². The summed E-state index contributed by atoms with van der Waals surface area (Å²) in [5.74, 6) is -0.676. The van der Waals surface area contributed by atoms with Crippen LogP contribution in [-0.2, 0) is 12.7 Å². The first-order valence-electron chi connectivity index (χ1n) is 9.28. The number of halogens is 4. The van der Waals surface area contributed by atoms with E-state index in [0.29, 0.717) is 27.8 Å². The molecule has 1 saturated carbocycles. The van der Waals surface area contributed by atoms with Crippen molar-refractivity contribution in [2.45, 2.75) is 38.4 Å². The van der Waals surface area contributed by atoms with E-state index in [0.717, 1.165) is 25.0 Å². The van der Waals surface area contributed by atoms with Gasteiger partial charge < -0.3 is 5.32 Å². The van der Waals surface area contributed by atoms with E-state index in [1.807, 2.05) is 0 Å². The number of aryl methyl sites for hydroxylation is 1. The van der Waals surface area contributed by atoms with Gasteiger partial charge >= 0.3 is 6.18 Å². The largest absolute Gasteiger partial charge is 0.416 e. The lowest BCUT2D eigenvalue weighted by Crippen LogP contribution is -2.25. The van der Waals surface area contributed by atoms with Gasteiger partial charge in [0.1, 0.15) is 5.82 Å². The van der Waals surface area contributed by atoms with Gasteiger partial charge in [-0.2, -0.15) is 13.2 Å². The molecule has 29 heavy (non-hydrogen) atoms. The summed E-state index contributed by atoms with van der Waals surface area (Å²) in [6.07, 6.45) is -2.76. The molecule has 3 nitrogen and oxygen atoms in total. The number of fused-ring (bicyclic) bond motifs is 1. The zero-order valence-corrected chi connectivity index (χ0v) is 15.6. The van der Waals surface area contributed by atoms with Crippen molar-refractivity contribution in [2.24, 2.45) is 0 Å². The van der Waals surface area contributed by atoms with Crippen LogP contribution < -0.4 is 5.32 Å². The quantitative estimate of drug-likeness (QED) is 0.585. The molecule has 1 aliphatic rings. The predicted octanol–water partition coefficient (Wildman–Crippen LogP) is 5.51. The van der Waals surface area contributed by atoms with Crippen molar-refractivity contribution in [3.8, 4) is 0 Å². The van der Waals surface area contributed by atoms with Gasteiger partial charge in [-0.3, -0.25) is 9.78 Å². The van der Waals surface area contributed by atoms with Crippen LogP contribution in [0.15, 0.2) is 42.5 Å². The Morgan fingerprint density at radius 3 is 2.59 bits per heavy atom. The number of alkyl halides is 3. The lowest BCUT2D eigenvalue weighted by molar-refractivity contribution is -0.137. The highest BCUT2D eigenvalue weighted by molar-refractivity contribution is 6.01. The number of rotatable bonds is 4. The van der Waals surface area contributed by atoms with E-state index in [4.69, 9.17) is 0 Å². The van der Waals surface area contributed by atoms with Gasteiger partial charge in [0, 0.05) is 17.8 Å². The molecule has 1 fully saturated rings. The predicted molar refractivity (Wildman–Crippen MR) is 101 cm³/mol. The number of carbonyl (C=O) groups is 1. The van der Waals surface area contributed by atoms with Gasteiger partial charge in [-0.15, -0.1) is 0 Å². The number of nitrogens with zero attached hydrogens (tertiary/aromatic N) is 1. The van der Waals surface area contributed by atoms with Crippen molar-refractivity contribution in [3.05, 3.63) is 76.2 Å². The molecule has 1 amide bonds. The van der Waals surface area contributed by atoms with Crippen molar-refractivity contribution in [3.63, 3.8) is 0 Å². The first kappa shape index (κ1) is 19.4. The molecule has 0 radical (unpaired) electrons. The van der Waals surface area contributed by atoms with Crippen LogP contribution >= 0.6 is 0 Å². The Morgan fingerprint density at radius 2 is 1.93 bits per heavy atom. The number of hydrogen-bond donors (Lipinski definition) is 1. The number of hydrogen-bond acceptors (Lipinski definition) is 2. The van der Waals surface area contributed by atoms with Crippen LogP contribution in [0.25, 0.3) is 10.9 Å². The number of carbonyl (C=O) groups excluding carboxylic acids is 1. The van der Waals surface area contributed by atoms with Crippen LogP contribution in [0.3, 0.4) is 0 Å². The maximum atomic E-state index is 13.3. The second-order valence-corrected chi connectivity index (χ2v) is 7.31. The molecule has 0 saturated heterocycles. The lowest BCUT2D eigenvalue weighted by atomic mass is 9.97. The minimum absolute atomic E-state index is 0.0718. The van der Waals surface area contributed by atoms with Crippen LogP contribution in [0.4, 0.5) is 17.6 Å². The third kappa shape index (κ3) is 3.95. The van der Waals surface area contributed by atoms with Gasteiger partial charge in [0.05, 0.1) is 22.3 Å². The lowest BCUT2D eigenvalue weighted by Gasteiger charge is -2.16. The van der Waals surface area contributed by atoms with E-state index < -0.39 is 11.7 Å². The molecule has 0 atom stereocenters. The van der Waals surface area contributed by atoms with Crippen LogP contribution in [0.1, 0.15) is 51.5 Å². The topological polar surface area (TPSA) is 42.0 Å². The van der Waals surface area contributed by atoms with E-state index in [-0.39, 0.29) is 29.7 Å². The zero-order chi connectivity index (χ0) is 20.8. The second kappa shape index (κ2) is 7.13. The number of benzene rings is 2. The summed E-state index contributed by atoms with van der Waals surface area (Å²) >= 11 is 0. The SMILES string of the molecule is Cc1c(C(=O)NCc2cccc(F)c2)c(C2CC2)nc2cc(C(F)(F)F)ccc12. The van der Waals surface area contributed by atoms with E-state index in [2.05, 4.69) is 10.3 Å². The van der Waals surface area contributed by atoms with E-state index in [1.54, 1.807) is 19.1 Å². The number of nitrogens with one attached hydrogen (secondary N) is 1. The molecule has 3 aromatic rings. The molecular weight excluding hydrogens is 384 g/mol. The van der Waals surface area contributed by atoms with Crippen molar-refractivity contribution in [1.29, 1.82) is 0 Å². The molecule has 0 aliphatic heterocycles. The van der Waals surface area contributed by atoms with Crippen molar-refractivity contribution in [1.82, 2.24) is 10.3 Å². The van der Waals surface area contributed by atoms with Crippen LogP contribution in [-0.4, -0.2) is 10.9 Å². The first-order chi connectivity index (χ1) is 13.7. The fraction of sp³-hybridized carbons (Fsp3) is 0.273. The Bertz CT molecular complexity index is 1100. The molecule has 1 aliphatic carbocycles. The fourth-order valence-corrected chi connectivity index (χ4v) is 3.49. The molecule has 0 bridgehead atoms. The first-order valence-corrected chi connectivity index (χ1v) is 9.28. The fourth-order valence-electron chi connectivity index (χ4n) is 3.49. The third-order valence-corrected chi connectivity index (χ3v) is 5.13. The molecule has 1 N–H and O–H groups in total. The Morgan fingerprint density at radius 1 is 1.17 bits per heavy atom. The maximum absolute atomic E-state index is 13.3. The molecule has 0 spiro atoms. The average Bonchev–Trinajstić information content (AvgIpc) is 3.50. The van der Waals surface area contributed by atoms with E-state index in [1.165, 1.54) is 18.2 Å². The summed E-state index contributed by atoms with van der Waals surface area (Å²) in [6, 6.07) is 9.32. The number of aromatic nitrogens is 1. The second-order valence-electron chi connectivity index (χ2n) is 7.31. The summed E-state index contributed by atoms with van der Waals surface area (Å²) in [4.78, 5) is 17.4. The molecule has 2 aromatic carbocycles. The Labute approximate surface area is 164 Å². The van der Waals surface area contributed by atoms with Crippen LogP contribution in [0.2, 0.25) is 0 Å². The molecule has 1 heterocycles. The molecule has 7 heteroatoms. The normalized spacial score (nSPS) is 14.2. The maximum Gasteiger partial charge on any atom is 0.416 e. The molecule has 0 unspecified atom stereocenters. The van der Waals surface area contributed by atoms with Gasteiger partial charge in [-0.05, 0) is 55.2 Å². The third-order valence-electron chi connectivity index (χ3n) is 5.13. The summed E-state index contributed by atoms with van der Waals surface area (Å²) in [7, 11) is 0.